The third kappa shape index (κ3) is 1.61. The standard InChI is InChI=1S/C12H19N3O2/c1-11(2)8(12(11,3)4)10(17)13-7-6-15(5)14-9(7)16/h6,8H,1-5H3,(H,13,17)(H,14,16). The van der Waals surface area contributed by atoms with E-state index in [1.807, 2.05) is 0 Å². The molecule has 1 saturated carbocycles. The van der Waals surface area contributed by atoms with E-state index in [0.717, 1.165) is 0 Å². The van der Waals surface area contributed by atoms with E-state index in [0.29, 0.717) is 5.69 Å². The van der Waals surface area contributed by atoms with Crippen LogP contribution in [0.4, 0.5) is 5.69 Å². The second-order valence-electron chi connectivity index (χ2n) is 5.96. The predicted octanol–water partition coefficient (Wildman–Crippen LogP) is 1.33. The number of amides is 1. The fourth-order valence-electron chi connectivity index (χ4n) is 2.65. The molecule has 1 heterocycles. The molecule has 0 spiro atoms. The van der Waals surface area contributed by atoms with E-state index in [4.69, 9.17) is 0 Å². The lowest BCUT2D eigenvalue weighted by Crippen LogP contribution is -2.21. The van der Waals surface area contributed by atoms with Gasteiger partial charge in [-0.25, -0.2) is 0 Å². The summed E-state index contributed by atoms with van der Waals surface area (Å²) in [4.78, 5) is 23.5. The Bertz CT molecular complexity index is 508. The summed E-state index contributed by atoms with van der Waals surface area (Å²) >= 11 is 0. The van der Waals surface area contributed by atoms with E-state index in [2.05, 4.69) is 38.1 Å². The monoisotopic (exact) mass is 237 g/mol. The molecule has 1 aromatic heterocycles. The van der Waals surface area contributed by atoms with Crippen molar-refractivity contribution in [2.45, 2.75) is 27.7 Å². The number of rotatable bonds is 2. The van der Waals surface area contributed by atoms with Gasteiger partial charge in [0, 0.05) is 13.0 Å². The molecule has 0 aromatic carbocycles. The van der Waals surface area contributed by atoms with Crippen molar-refractivity contribution >= 4 is 11.6 Å². The van der Waals surface area contributed by atoms with Crippen molar-refractivity contribution in [2.24, 2.45) is 23.8 Å². The predicted molar refractivity (Wildman–Crippen MR) is 65.7 cm³/mol. The van der Waals surface area contributed by atoms with Gasteiger partial charge in [0.15, 0.2) is 0 Å². The zero-order chi connectivity index (χ0) is 13.0. The number of aryl methyl sites for hydroxylation is 1. The van der Waals surface area contributed by atoms with Crippen LogP contribution in [0.25, 0.3) is 0 Å². The zero-order valence-electron chi connectivity index (χ0n) is 10.9. The molecule has 0 bridgehead atoms. The number of nitrogens with one attached hydrogen (secondary N) is 2. The van der Waals surface area contributed by atoms with Crippen LogP contribution in [-0.4, -0.2) is 15.7 Å². The van der Waals surface area contributed by atoms with Crippen LogP contribution in [0.15, 0.2) is 11.0 Å². The molecule has 0 aliphatic heterocycles. The maximum absolute atomic E-state index is 12.1. The Labute approximate surface area is 100 Å². The van der Waals surface area contributed by atoms with Gasteiger partial charge in [0.2, 0.25) is 5.91 Å². The van der Waals surface area contributed by atoms with Crippen LogP contribution in [0, 0.1) is 16.7 Å². The zero-order valence-corrected chi connectivity index (χ0v) is 10.9. The van der Waals surface area contributed by atoms with Crippen molar-refractivity contribution in [3.8, 4) is 0 Å². The second-order valence-corrected chi connectivity index (χ2v) is 5.96. The van der Waals surface area contributed by atoms with Crippen molar-refractivity contribution in [1.29, 1.82) is 0 Å². The van der Waals surface area contributed by atoms with Gasteiger partial charge in [-0.05, 0) is 10.8 Å². The highest BCUT2D eigenvalue weighted by Gasteiger charge is 2.68. The van der Waals surface area contributed by atoms with Crippen LogP contribution in [0.5, 0.6) is 0 Å². The molecule has 5 nitrogen and oxygen atoms in total. The van der Waals surface area contributed by atoms with Gasteiger partial charge in [0.1, 0.15) is 5.69 Å². The smallest absolute Gasteiger partial charge is 0.287 e. The number of hydrogen-bond acceptors (Lipinski definition) is 2. The van der Waals surface area contributed by atoms with Crippen LogP contribution in [0.2, 0.25) is 0 Å². The summed E-state index contributed by atoms with van der Waals surface area (Å²) in [6.45, 7) is 8.30. The molecular formula is C12H19N3O2. The summed E-state index contributed by atoms with van der Waals surface area (Å²) in [5, 5.41) is 5.26. The summed E-state index contributed by atoms with van der Waals surface area (Å²) in [5.74, 6) is -0.119. The topological polar surface area (TPSA) is 66.9 Å². The molecule has 1 amide bonds. The number of carbonyl (C=O) groups excluding carboxylic acids is 1. The third-order valence-corrected chi connectivity index (χ3v) is 4.39. The quantitative estimate of drug-likeness (QED) is 0.815. The normalized spacial score (nSPS) is 21.2. The third-order valence-electron chi connectivity index (χ3n) is 4.39. The summed E-state index contributed by atoms with van der Waals surface area (Å²) in [5.41, 5.74) is 0.0187. The summed E-state index contributed by atoms with van der Waals surface area (Å²) in [7, 11) is 1.71. The summed E-state index contributed by atoms with van der Waals surface area (Å²) < 4.78 is 1.53. The number of nitrogens with zero attached hydrogens (tertiary/aromatic N) is 1. The second kappa shape index (κ2) is 3.24. The SMILES string of the molecule is Cn1cc(NC(=O)C2C(C)(C)C2(C)C)c(=O)[nH]1. The highest BCUT2D eigenvalue weighted by Crippen LogP contribution is 2.68. The molecule has 5 heteroatoms. The van der Waals surface area contributed by atoms with Crippen molar-refractivity contribution in [3.05, 3.63) is 16.6 Å². The Balaban J connectivity index is 2.15. The van der Waals surface area contributed by atoms with Crippen molar-refractivity contribution in [1.82, 2.24) is 9.78 Å². The highest BCUT2D eigenvalue weighted by molar-refractivity contribution is 5.95. The number of H-pyrrole nitrogens is 1. The van der Waals surface area contributed by atoms with E-state index in [9.17, 15) is 9.59 Å². The Hall–Kier alpha value is -1.52. The van der Waals surface area contributed by atoms with Gasteiger partial charge in [-0.1, -0.05) is 27.7 Å². The van der Waals surface area contributed by atoms with Gasteiger partial charge in [0.25, 0.3) is 5.56 Å². The Morgan fingerprint density at radius 1 is 1.35 bits per heavy atom. The van der Waals surface area contributed by atoms with Crippen LogP contribution >= 0.6 is 0 Å². The number of aromatic nitrogens is 2. The first-order valence-corrected chi connectivity index (χ1v) is 5.74. The highest BCUT2D eigenvalue weighted by atomic mass is 16.2. The van der Waals surface area contributed by atoms with Gasteiger partial charge in [-0.15, -0.1) is 0 Å². The van der Waals surface area contributed by atoms with Gasteiger partial charge >= 0.3 is 0 Å². The maximum Gasteiger partial charge on any atom is 0.287 e. The number of carbonyl (C=O) groups is 1. The molecule has 0 saturated heterocycles. The van der Waals surface area contributed by atoms with E-state index < -0.39 is 0 Å². The minimum absolute atomic E-state index is 0.0153. The summed E-state index contributed by atoms with van der Waals surface area (Å²) in [6.07, 6.45) is 1.59. The van der Waals surface area contributed by atoms with Crippen molar-refractivity contribution in [3.63, 3.8) is 0 Å². The summed E-state index contributed by atoms with van der Waals surface area (Å²) in [6, 6.07) is 0. The van der Waals surface area contributed by atoms with Gasteiger partial charge in [0.05, 0.1) is 6.20 Å². The van der Waals surface area contributed by atoms with Crippen LogP contribution in [0.3, 0.4) is 0 Å². The largest absolute Gasteiger partial charge is 0.320 e. The molecule has 1 aromatic rings. The van der Waals surface area contributed by atoms with E-state index in [1.54, 1.807) is 13.2 Å². The average Bonchev–Trinajstić information content (AvgIpc) is 2.41. The fourth-order valence-corrected chi connectivity index (χ4v) is 2.65. The first kappa shape index (κ1) is 12.0. The number of hydrogen-bond donors (Lipinski definition) is 2. The molecular weight excluding hydrogens is 218 g/mol. The van der Waals surface area contributed by atoms with E-state index in [-0.39, 0.29) is 28.2 Å². The average molecular weight is 237 g/mol. The van der Waals surface area contributed by atoms with Gasteiger partial charge in [-0.2, -0.15) is 0 Å². The minimum Gasteiger partial charge on any atom is -0.320 e. The Morgan fingerprint density at radius 2 is 1.88 bits per heavy atom. The molecule has 1 fully saturated rings. The van der Waals surface area contributed by atoms with Crippen LogP contribution < -0.4 is 10.9 Å². The lowest BCUT2D eigenvalue weighted by Gasteiger charge is -2.03. The molecule has 1 aliphatic carbocycles. The number of aromatic amines is 1. The van der Waals surface area contributed by atoms with E-state index in [1.165, 1.54) is 4.68 Å². The fraction of sp³-hybridized carbons (Fsp3) is 0.667. The first-order valence-electron chi connectivity index (χ1n) is 5.74. The minimum atomic E-state index is -0.267. The molecule has 17 heavy (non-hydrogen) atoms. The molecule has 94 valence electrons. The molecule has 0 unspecified atom stereocenters. The first-order chi connectivity index (χ1) is 7.68. The number of anilines is 1. The molecule has 0 radical (unpaired) electrons. The molecule has 1 aliphatic rings. The van der Waals surface area contributed by atoms with Crippen molar-refractivity contribution in [2.75, 3.05) is 5.32 Å². The van der Waals surface area contributed by atoms with Crippen LogP contribution in [0.1, 0.15) is 27.7 Å². The maximum atomic E-state index is 12.1. The van der Waals surface area contributed by atoms with E-state index >= 15 is 0 Å². The molecule has 2 rings (SSSR count). The van der Waals surface area contributed by atoms with Gasteiger partial charge < -0.3 is 5.32 Å². The van der Waals surface area contributed by atoms with Gasteiger partial charge in [-0.3, -0.25) is 19.4 Å². The van der Waals surface area contributed by atoms with Crippen LogP contribution in [-0.2, 0) is 11.8 Å². The molecule has 2 N–H and O–H groups in total. The Morgan fingerprint density at radius 3 is 2.24 bits per heavy atom. The lowest BCUT2D eigenvalue weighted by atomic mass is 10.0. The molecule has 0 atom stereocenters. The van der Waals surface area contributed by atoms with Crippen molar-refractivity contribution < 1.29 is 4.79 Å². The Kier molecular flexibility index (Phi) is 2.28. The lowest BCUT2D eigenvalue weighted by molar-refractivity contribution is -0.118.